The molecule has 0 saturated heterocycles. The number of amides is 2. The van der Waals surface area contributed by atoms with E-state index >= 15 is 0 Å². The molecule has 2 aromatic carbocycles. The number of nitrogens with one attached hydrogen (secondary N) is 1. The molecule has 9 nitrogen and oxygen atoms in total. The second-order valence-corrected chi connectivity index (χ2v) is 7.66. The van der Waals surface area contributed by atoms with Gasteiger partial charge in [-0.3, -0.25) is 9.59 Å². The van der Waals surface area contributed by atoms with Crippen LogP contribution in [0.1, 0.15) is 13.3 Å². The number of hydrogen-bond acceptors (Lipinski definition) is 7. The third kappa shape index (κ3) is 3.86. The van der Waals surface area contributed by atoms with E-state index in [1.54, 1.807) is 22.8 Å². The molecule has 0 fully saturated rings. The Balaban J connectivity index is 1.56. The Morgan fingerprint density at radius 1 is 1.20 bits per heavy atom. The molecule has 2 heterocycles. The predicted molar refractivity (Wildman–Crippen MR) is 113 cm³/mol. The summed E-state index contributed by atoms with van der Waals surface area (Å²) in [5.41, 5.74) is 2.00. The molecule has 1 N–H and O–H groups in total. The molecule has 10 heteroatoms. The molecule has 30 heavy (non-hydrogen) atoms. The standard InChI is InChI=1S/C20H20N6O3S/c1-13-11-18(27)21-14-7-3-4-8-15(14)25(13)19(28)12-30-20-22-23-24-26(20)16-9-5-6-10-17(16)29-2/h3-10,13H,11-12H2,1-2H3,(H,21,27)/t13-/m1/s1. The first-order valence-electron chi connectivity index (χ1n) is 9.34. The van der Waals surface area contributed by atoms with E-state index in [-0.39, 0.29) is 30.0 Å². The average Bonchev–Trinajstić information content (AvgIpc) is 3.16. The molecule has 0 radical (unpaired) electrons. The van der Waals surface area contributed by atoms with Gasteiger partial charge in [0.1, 0.15) is 11.4 Å². The lowest BCUT2D eigenvalue weighted by Crippen LogP contribution is -2.40. The number of para-hydroxylation sites is 4. The lowest BCUT2D eigenvalue weighted by molar-refractivity contribution is -0.117. The van der Waals surface area contributed by atoms with E-state index in [0.29, 0.717) is 28.0 Å². The number of tetrazole rings is 1. The number of aromatic nitrogens is 4. The predicted octanol–water partition coefficient (Wildman–Crippen LogP) is 2.53. The van der Waals surface area contributed by atoms with Crippen LogP contribution in [-0.4, -0.2) is 50.9 Å². The molecule has 4 rings (SSSR count). The first-order chi connectivity index (χ1) is 14.6. The Bertz CT molecular complexity index is 1090. The summed E-state index contributed by atoms with van der Waals surface area (Å²) in [5, 5.41) is 15.2. The summed E-state index contributed by atoms with van der Waals surface area (Å²) in [5.74, 6) is 0.490. The zero-order valence-electron chi connectivity index (χ0n) is 16.5. The molecule has 1 aliphatic rings. The number of benzene rings is 2. The number of nitrogens with zero attached hydrogens (tertiary/aromatic N) is 5. The Hall–Kier alpha value is -3.40. The van der Waals surface area contributed by atoms with E-state index < -0.39 is 0 Å². The molecule has 0 saturated carbocycles. The van der Waals surface area contributed by atoms with Gasteiger partial charge in [0.15, 0.2) is 0 Å². The monoisotopic (exact) mass is 424 g/mol. The molecule has 1 aromatic heterocycles. The van der Waals surface area contributed by atoms with E-state index in [1.165, 1.54) is 11.8 Å². The van der Waals surface area contributed by atoms with Crippen molar-refractivity contribution < 1.29 is 14.3 Å². The van der Waals surface area contributed by atoms with Gasteiger partial charge in [0, 0.05) is 12.5 Å². The highest BCUT2D eigenvalue weighted by molar-refractivity contribution is 7.99. The number of hydrogen-bond donors (Lipinski definition) is 1. The Morgan fingerprint density at radius 3 is 2.73 bits per heavy atom. The summed E-state index contributed by atoms with van der Waals surface area (Å²) in [6.07, 6.45) is 0.226. The Labute approximate surface area is 177 Å². The van der Waals surface area contributed by atoms with Gasteiger partial charge in [-0.05, 0) is 41.6 Å². The van der Waals surface area contributed by atoms with Gasteiger partial charge in [0.05, 0.1) is 24.2 Å². The van der Waals surface area contributed by atoms with Crippen LogP contribution in [0.5, 0.6) is 5.75 Å². The van der Waals surface area contributed by atoms with Crippen molar-refractivity contribution in [1.29, 1.82) is 0 Å². The highest BCUT2D eigenvalue weighted by Crippen LogP contribution is 2.32. The first kappa shape index (κ1) is 19.9. The normalized spacial score (nSPS) is 15.9. The fourth-order valence-corrected chi connectivity index (χ4v) is 4.13. The minimum atomic E-state index is -0.271. The van der Waals surface area contributed by atoms with Crippen LogP contribution in [0.3, 0.4) is 0 Å². The van der Waals surface area contributed by atoms with Crippen LogP contribution in [0, 0.1) is 0 Å². The number of thioether (sulfide) groups is 1. The van der Waals surface area contributed by atoms with Crippen molar-refractivity contribution in [1.82, 2.24) is 20.2 Å². The maximum atomic E-state index is 13.2. The number of rotatable bonds is 5. The third-order valence-corrected chi connectivity index (χ3v) is 5.61. The van der Waals surface area contributed by atoms with Crippen molar-refractivity contribution in [3.05, 3.63) is 48.5 Å². The second kappa shape index (κ2) is 8.54. The summed E-state index contributed by atoms with van der Waals surface area (Å²) in [6.45, 7) is 1.86. The quantitative estimate of drug-likeness (QED) is 0.628. The van der Waals surface area contributed by atoms with Crippen LogP contribution >= 0.6 is 11.8 Å². The lowest BCUT2D eigenvalue weighted by atomic mass is 10.2. The van der Waals surface area contributed by atoms with E-state index in [2.05, 4.69) is 20.8 Å². The molecule has 0 spiro atoms. The van der Waals surface area contributed by atoms with Gasteiger partial charge in [-0.15, -0.1) is 5.10 Å². The minimum Gasteiger partial charge on any atom is -0.494 e. The Morgan fingerprint density at radius 2 is 1.93 bits per heavy atom. The smallest absolute Gasteiger partial charge is 0.237 e. The summed E-state index contributed by atoms with van der Waals surface area (Å²) < 4.78 is 6.93. The SMILES string of the molecule is COc1ccccc1-n1nnnc1SCC(=O)N1c2ccccc2NC(=O)C[C@H]1C. The minimum absolute atomic E-state index is 0.113. The van der Waals surface area contributed by atoms with Crippen LogP contribution in [0.15, 0.2) is 53.7 Å². The number of carbonyl (C=O) groups is 2. The van der Waals surface area contributed by atoms with Crippen molar-refractivity contribution in [2.75, 3.05) is 23.1 Å². The molecular formula is C20H20N6O3S. The van der Waals surface area contributed by atoms with Gasteiger partial charge >= 0.3 is 0 Å². The molecule has 0 aliphatic carbocycles. The molecule has 1 atom stereocenters. The number of ether oxygens (including phenoxy) is 1. The molecule has 2 amide bonds. The zero-order chi connectivity index (χ0) is 21.1. The van der Waals surface area contributed by atoms with Crippen molar-refractivity contribution in [3.63, 3.8) is 0 Å². The van der Waals surface area contributed by atoms with Crippen LogP contribution in [0.4, 0.5) is 11.4 Å². The van der Waals surface area contributed by atoms with Crippen LogP contribution in [0.2, 0.25) is 0 Å². The number of anilines is 2. The van der Waals surface area contributed by atoms with Crippen molar-refractivity contribution in [3.8, 4) is 11.4 Å². The van der Waals surface area contributed by atoms with Crippen LogP contribution in [0.25, 0.3) is 5.69 Å². The highest BCUT2D eigenvalue weighted by atomic mass is 32.2. The van der Waals surface area contributed by atoms with Gasteiger partial charge in [0.2, 0.25) is 17.0 Å². The summed E-state index contributed by atoms with van der Waals surface area (Å²) in [7, 11) is 1.58. The van der Waals surface area contributed by atoms with Gasteiger partial charge in [0.25, 0.3) is 0 Å². The maximum absolute atomic E-state index is 13.2. The number of carbonyl (C=O) groups excluding carboxylic acids is 2. The highest BCUT2D eigenvalue weighted by Gasteiger charge is 2.29. The van der Waals surface area contributed by atoms with Gasteiger partial charge in [-0.25, -0.2) is 0 Å². The molecule has 0 bridgehead atoms. The maximum Gasteiger partial charge on any atom is 0.237 e. The fraction of sp³-hybridized carbons (Fsp3) is 0.250. The first-order valence-corrected chi connectivity index (χ1v) is 10.3. The van der Waals surface area contributed by atoms with Crippen LogP contribution in [-0.2, 0) is 9.59 Å². The largest absolute Gasteiger partial charge is 0.494 e. The fourth-order valence-electron chi connectivity index (χ4n) is 3.39. The molecular weight excluding hydrogens is 404 g/mol. The van der Waals surface area contributed by atoms with E-state index in [1.807, 2.05) is 49.4 Å². The summed E-state index contributed by atoms with van der Waals surface area (Å²) in [4.78, 5) is 27.0. The second-order valence-electron chi connectivity index (χ2n) is 6.72. The average molecular weight is 424 g/mol. The van der Waals surface area contributed by atoms with E-state index in [4.69, 9.17) is 4.74 Å². The summed E-state index contributed by atoms with van der Waals surface area (Å²) >= 11 is 1.23. The number of fused-ring (bicyclic) bond motifs is 1. The molecule has 3 aromatic rings. The molecule has 1 aliphatic heterocycles. The van der Waals surface area contributed by atoms with Gasteiger partial charge < -0.3 is 15.0 Å². The Kier molecular flexibility index (Phi) is 5.66. The number of methoxy groups -OCH3 is 1. The summed E-state index contributed by atoms with van der Waals surface area (Å²) in [6, 6.07) is 14.4. The van der Waals surface area contributed by atoms with Crippen molar-refractivity contribution >= 4 is 35.0 Å². The van der Waals surface area contributed by atoms with E-state index in [0.717, 1.165) is 0 Å². The third-order valence-electron chi connectivity index (χ3n) is 4.71. The van der Waals surface area contributed by atoms with Crippen molar-refractivity contribution in [2.45, 2.75) is 24.5 Å². The van der Waals surface area contributed by atoms with Crippen LogP contribution < -0.4 is 15.0 Å². The van der Waals surface area contributed by atoms with Crippen molar-refractivity contribution in [2.24, 2.45) is 0 Å². The topological polar surface area (TPSA) is 102 Å². The lowest BCUT2D eigenvalue weighted by Gasteiger charge is -2.27. The van der Waals surface area contributed by atoms with E-state index in [9.17, 15) is 9.59 Å². The molecule has 154 valence electrons. The van der Waals surface area contributed by atoms with Gasteiger partial charge in [-0.1, -0.05) is 36.0 Å². The zero-order valence-corrected chi connectivity index (χ0v) is 17.3. The molecule has 0 unspecified atom stereocenters. The van der Waals surface area contributed by atoms with Gasteiger partial charge in [-0.2, -0.15) is 4.68 Å².